The zero-order chi connectivity index (χ0) is 12.8. The minimum Gasteiger partial charge on any atom is -0.438 e. The van der Waals surface area contributed by atoms with E-state index in [1.54, 1.807) is 6.07 Å². The van der Waals surface area contributed by atoms with E-state index in [1.807, 2.05) is 12.1 Å². The summed E-state index contributed by atoms with van der Waals surface area (Å²) >= 11 is 6.07. The van der Waals surface area contributed by atoms with Gasteiger partial charge in [-0.15, -0.1) is 0 Å². The lowest BCUT2D eigenvalue weighted by Crippen LogP contribution is -2.47. The summed E-state index contributed by atoms with van der Waals surface area (Å²) in [6.07, 6.45) is 1.25. The van der Waals surface area contributed by atoms with Crippen LogP contribution < -0.4 is 5.32 Å². The lowest BCUT2D eigenvalue weighted by atomic mass is 9.82. The molecule has 0 bridgehead atoms. The first-order valence-electron chi connectivity index (χ1n) is 6.08. The topological polar surface area (TPSA) is 41.6 Å². The SMILES string of the molecule is CN1CCC2(CC1)OC(=O)Nc1ccc(Cl)cc12. The molecule has 1 amide bonds. The van der Waals surface area contributed by atoms with Gasteiger partial charge in [-0.3, -0.25) is 5.32 Å². The Morgan fingerprint density at radius 2 is 2.11 bits per heavy atom. The molecule has 1 aromatic rings. The van der Waals surface area contributed by atoms with Crippen molar-refractivity contribution in [3.8, 4) is 0 Å². The van der Waals surface area contributed by atoms with Crippen LogP contribution in [-0.2, 0) is 10.3 Å². The molecule has 1 aromatic carbocycles. The standard InChI is InChI=1S/C13H15ClN2O2/c1-16-6-4-13(5-7-16)10-8-9(14)2-3-11(10)15-12(17)18-13/h2-3,8H,4-7H2,1H3,(H,15,17). The number of carbonyl (C=O) groups excluding carboxylic acids is 1. The van der Waals surface area contributed by atoms with Crippen molar-refractivity contribution in [2.45, 2.75) is 18.4 Å². The molecule has 1 spiro atoms. The van der Waals surface area contributed by atoms with Crippen LogP contribution in [-0.4, -0.2) is 31.1 Å². The number of nitrogens with one attached hydrogen (secondary N) is 1. The molecular formula is C13H15ClN2O2. The molecule has 0 aliphatic carbocycles. The van der Waals surface area contributed by atoms with E-state index in [-0.39, 0.29) is 6.09 Å². The molecule has 0 aromatic heterocycles. The van der Waals surface area contributed by atoms with Gasteiger partial charge in [-0.05, 0) is 25.2 Å². The van der Waals surface area contributed by atoms with Gasteiger partial charge in [0.1, 0.15) is 5.60 Å². The van der Waals surface area contributed by atoms with Gasteiger partial charge in [0.2, 0.25) is 0 Å². The highest BCUT2D eigenvalue weighted by Crippen LogP contribution is 2.44. The first-order chi connectivity index (χ1) is 8.59. The van der Waals surface area contributed by atoms with Gasteiger partial charge in [0.05, 0.1) is 5.69 Å². The Labute approximate surface area is 111 Å². The summed E-state index contributed by atoms with van der Waals surface area (Å²) in [5.74, 6) is 0. The molecule has 0 unspecified atom stereocenters. The highest BCUT2D eigenvalue weighted by atomic mass is 35.5. The zero-order valence-electron chi connectivity index (χ0n) is 10.2. The Balaban J connectivity index is 2.06. The third-order valence-electron chi connectivity index (χ3n) is 3.79. The number of benzene rings is 1. The Kier molecular flexibility index (Phi) is 2.72. The molecule has 2 heterocycles. The Hall–Kier alpha value is -1.26. The number of rotatable bonds is 0. The summed E-state index contributed by atoms with van der Waals surface area (Å²) in [4.78, 5) is 13.9. The van der Waals surface area contributed by atoms with Gasteiger partial charge in [0.15, 0.2) is 0 Å². The average Bonchev–Trinajstić information content (AvgIpc) is 2.34. The summed E-state index contributed by atoms with van der Waals surface area (Å²) in [5.41, 5.74) is 1.32. The number of anilines is 1. The lowest BCUT2D eigenvalue weighted by Gasteiger charge is -2.43. The third kappa shape index (κ3) is 1.85. The minimum atomic E-state index is -0.505. The highest BCUT2D eigenvalue weighted by Gasteiger charge is 2.43. The quantitative estimate of drug-likeness (QED) is 0.785. The van der Waals surface area contributed by atoms with Crippen LogP contribution in [0.4, 0.5) is 10.5 Å². The summed E-state index contributed by atoms with van der Waals surface area (Å²) < 4.78 is 5.61. The lowest BCUT2D eigenvalue weighted by molar-refractivity contribution is -0.0333. The maximum atomic E-state index is 11.7. The molecule has 0 atom stereocenters. The second-order valence-electron chi connectivity index (χ2n) is 5.00. The molecule has 1 saturated heterocycles. The van der Waals surface area contributed by atoms with Gasteiger partial charge in [-0.2, -0.15) is 0 Å². The molecule has 0 radical (unpaired) electrons. The van der Waals surface area contributed by atoms with Gasteiger partial charge in [0, 0.05) is 36.5 Å². The fourth-order valence-electron chi connectivity index (χ4n) is 2.72. The van der Waals surface area contributed by atoms with Crippen molar-refractivity contribution in [3.05, 3.63) is 28.8 Å². The van der Waals surface area contributed by atoms with E-state index in [0.717, 1.165) is 37.2 Å². The van der Waals surface area contributed by atoms with Gasteiger partial charge in [-0.25, -0.2) is 4.79 Å². The molecule has 0 saturated carbocycles. The van der Waals surface area contributed by atoms with Crippen LogP contribution >= 0.6 is 11.6 Å². The van der Waals surface area contributed by atoms with Crippen LogP contribution in [0, 0.1) is 0 Å². The minimum absolute atomic E-state index is 0.366. The summed E-state index contributed by atoms with van der Waals surface area (Å²) in [7, 11) is 2.08. The second-order valence-corrected chi connectivity index (χ2v) is 5.44. The number of ether oxygens (including phenoxy) is 1. The van der Waals surface area contributed by atoms with E-state index in [0.29, 0.717) is 5.02 Å². The highest BCUT2D eigenvalue weighted by molar-refractivity contribution is 6.30. The van der Waals surface area contributed by atoms with E-state index < -0.39 is 5.60 Å². The molecule has 5 heteroatoms. The van der Waals surface area contributed by atoms with Crippen molar-refractivity contribution in [1.82, 2.24) is 4.90 Å². The van der Waals surface area contributed by atoms with Crippen LogP contribution in [0.15, 0.2) is 18.2 Å². The fraction of sp³-hybridized carbons (Fsp3) is 0.462. The number of carbonyl (C=O) groups is 1. The van der Waals surface area contributed by atoms with Gasteiger partial charge in [-0.1, -0.05) is 11.6 Å². The normalized spacial score (nSPS) is 22.2. The predicted octanol–water partition coefficient (Wildman–Crippen LogP) is 2.82. The number of nitrogens with zero attached hydrogens (tertiary/aromatic N) is 1. The van der Waals surface area contributed by atoms with Crippen molar-refractivity contribution in [2.24, 2.45) is 0 Å². The summed E-state index contributed by atoms with van der Waals surface area (Å²) in [6, 6.07) is 5.54. The molecule has 18 heavy (non-hydrogen) atoms. The van der Waals surface area contributed by atoms with Crippen LogP contribution in [0.2, 0.25) is 5.02 Å². The van der Waals surface area contributed by atoms with Crippen molar-refractivity contribution in [3.63, 3.8) is 0 Å². The van der Waals surface area contributed by atoms with Crippen LogP contribution in [0.1, 0.15) is 18.4 Å². The van der Waals surface area contributed by atoms with Gasteiger partial charge < -0.3 is 9.64 Å². The predicted molar refractivity (Wildman–Crippen MR) is 70.0 cm³/mol. The van der Waals surface area contributed by atoms with Crippen LogP contribution in [0.5, 0.6) is 0 Å². The van der Waals surface area contributed by atoms with E-state index in [9.17, 15) is 4.79 Å². The first-order valence-corrected chi connectivity index (χ1v) is 6.45. The average molecular weight is 267 g/mol. The van der Waals surface area contributed by atoms with E-state index in [1.165, 1.54) is 0 Å². The van der Waals surface area contributed by atoms with E-state index in [2.05, 4.69) is 17.3 Å². The third-order valence-corrected chi connectivity index (χ3v) is 4.03. The Bertz CT molecular complexity index is 496. The largest absolute Gasteiger partial charge is 0.438 e. The van der Waals surface area contributed by atoms with Crippen molar-refractivity contribution < 1.29 is 9.53 Å². The van der Waals surface area contributed by atoms with Crippen molar-refractivity contribution in [1.29, 1.82) is 0 Å². The Morgan fingerprint density at radius 1 is 1.39 bits per heavy atom. The number of likely N-dealkylation sites (tertiary alicyclic amines) is 1. The monoisotopic (exact) mass is 266 g/mol. The smallest absolute Gasteiger partial charge is 0.412 e. The van der Waals surface area contributed by atoms with Crippen molar-refractivity contribution >= 4 is 23.4 Å². The molecule has 4 nitrogen and oxygen atoms in total. The number of halogens is 1. The maximum absolute atomic E-state index is 11.7. The maximum Gasteiger partial charge on any atom is 0.412 e. The van der Waals surface area contributed by atoms with Crippen molar-refractivity contribution in [2.75, 3.05) is 25.5 Å². The van der Waals surface area contributed by atoms with E-state index in [4.69, 9.17) is 16.3 Å². The summed E-state index contributed by atoms with van der Waals surface area (Å²) in [6.45, 7) is 1.83. The number of hydrogen-bond donors (Lipinski definition) is 1. The molecule has 2 aliphatic heterocycles. The molecule has 1 N–H and O–H groups in total. The number of fused-ring (bicyclic) bond motifs is 2. The van der Waals surface area contributed by atoms with Crippen LogP contribution in [0.3, 0.4) is 0 Å². The molecule has 2 aliphatic rings. The van der Waals surface area contributed by atoms with Gasteiger partial charge in [0.25, 0.3) is 0 Å². The molecule has 3 rings (SSSR count). The van der Waals surface area contributed by atoms with Crippen LogP contribution in [0.25, 0.3) is 0 Å². The number of piperidine rings is 1. The fourth-order valence-corrected chi connectivity index (χ4v) is 2.89. The Morgan fingerprint density at radius 3 is 2.83 bits per heavy atom. The molecule has 96 valence electrons. The first kappa shape index (κ1) is 11.8. The number of hydrogen-bond acceptors (Lipinski definition) is 3. The van der Waals surface area contributed by atoms with Gasteiger partial charge >= 0.3 is 6.09 Å². The number of amides is 1. The second kappa shape index (κ2) is 4.14. The summed E-state index contributed by atoms with van der Waals surface area (Å²) in [5, 5.41) is 3.41. The zero-order valence-corrected chi connectivity index (χ0v) is 11.0. The molecule has 1 fully saturated rings. The molecular weight excluding hydrogens is 252 g/mol. The van der Waals surface area contributed by atoms with E-state index >= 15 is 0 Å².